The zero-order valence-corrected chi connectivity index (χ0v) is 10.7. The molecule has 15 heavy (non-hydrogen) atoms. The van der Waals surface area contributed by atoms with Crippen LogP contribution in [0.25, 0.3) is 0 Å². The summed E-state index contributed by atoms with van der Waals surface area (Å²) in [6, 6.07) is 8.79. The van der Waals surface area contributed by atoms with Crippen LogP contribution in [0.4, 0.5) is 0 Å². The molecule has 82 valence electrons. The average Bonchev–Trinajstić information content (AvgIpc) is 2.29. The molecule has 0 bridgehead atoms. The van der Waals surface area contributed by atoms with Gasteiger partial charge < -0.3 is 4.74 Å². The first-order valence-corrected chi connectivity index (χ1v) is 6.66. The highest BCUT2D eigenvalue weighted by molar-refractivity contribution is 9.09. The van der Waals surface area contributed by atoms with E-state index in [1.807, 2.05) is 0 Å². The Morgan fingerprint density at radius 2 is 2.27 bits per heavy atom. The monoisotopic (exact) mass is 268 g/mol. The van der Waals surface area contributed by atoms with Crippen LogP contribution in [0.3, 0.4) is 0 Å². The Labute approximate surface area is 100.0 Å². The van der Waals surface area contributed by atoms with Gasteiger partial charge in [0.2, 0.25) is 0 Å². The number of hydrogen-bond acceptors (Lipinski definition) is 1. The van der Waals surface area contributed by atoms with Crippen LogP contribution >= 0.6 is 15.9 Å². The van der Waals surface area contributed by atoms with Crippen LogP contribution in [0, 0.1) is 6.92 Å². The number of ether oxygens (including phenoxy) is 1. The van der Waals surface area contributed by atoms with Crippen LogP contribution < -0.4 is 0 Å². The van der Waals surface area contributed by atoms with Crippen LogP contribution in [0.15, 0.2) is 24.3 Å². The van der Waals surface area contributed by atoms with E-state index in [-0.39, 0.29) is 0 Å². The summed E-state index contributed by atoms with van der Waals surface area (Å²) in [5.74, 6) is 0.597. The molecule has 1 saturated heterocycles. The maximum atomic E-state index is 5.79. The van der Waals surface area contributed by atoms with Gasteiger partial charge in [-0.1, -0.05) is 45.8 Å². The van der Waals surface area contributed by atoms with Crippen molar-refractivity contribution in [2.45, 2.75) is 31.8 Å². The molecule has 0 amide bonds. The van der Waals surface area contributed by atoms with Crippen molar-refractivity contribution in [2.75, 3.05) is 11.9 Å². The Hall–Kier alpha value is -0.340. The Morgan fingerprint density at radius 1 is 1.40 bits per heavy atom. The van der Waals surface area contributed by atoms with E-state index in [1.54, 1.807) is 0 Å². The van der Waals surface area contributed by atoms with E-state index in [0.29, 0.717) is 12.0 Å². The van der Waals surface area contributed by atoms with Gasteiger partial charge in [0.05, 0.1) is 12.7 Å². The minimum absolute atomic E-state index is 0.422. The van der Waals surface area contributed by atoms with Crippen molar-refractivity contribution < 1.29 is 4.74 Å². The van der Waals surface area contributed by atoms with Crippen LogP contribution in [0.1, 0.15) is 29.9 Å². The molecule has 2 heteroatoms. The lowest BCUT2D eigenvalue weighted by atomic mass is 9.91. The first-order valence-electron chi connectivity index (χ1n) is 5.53. The Balaban J connectivity index is 2.01. The summed E-state index contributed by atoms with van der Waals surface area (Å²) in [6.07, 6.45) is 2.84. The van der Waals surface area contributed by atoms with Gasteiger partial charge in [-0.25, -0.2) is 0 Å². The highest BCUT2D eigenvalue weighted by Crippen LogP contribution is 2.29. The predicted molar refractivity (Wildman–Crippen MR) is 66.7 cm³/mol. The summed E-state index contributed by atoms with van der Waals surface area (Å²) in [5, 5.41) is 0.966. The second kappa shape index (κ2) is 5.13. The van der Waals surface area contributed by atoms with E-state index >= 15 is 0 Å². The molecule has 1 aromatic rings. The number of aryl methyl sites for hydroxylation is 1. The minimum Gasteiger partial charge on any atom is -0.377 e. The van der Waals surface area contributed by atoms with Crippen LogP contribution in [0.5, 0.6) is 0 Å². The Kier molecular flexibility index (Phi) is 3.81. The molecule has 2 unspecified atom stereocenters. The fourth-order valence-electron chi connectivity index (χ4n) is 2.11. The highest BCUT2D eigenvalue weighted by atomic mass is 79.9. The molecule has 1 aliphatic rings. The molecule has 0 aliphatic carbocycles. The lowest BCUT2D eigenvalue weighted by Crippen LogP contribution is -2.25. The second-order valence-corrected chi connectivity index (χ2v) is 4.95. The average molecular weight is 269 g/mol. The molecular weight excluding hydrogens is 252 g/mol. The molecule has 1 aromatic carbocycles. The third kappa shape index (κ3) is 2.82. The highest BCUT2D eigenvalue weighted by Gasteiger charge is 2.21. The van der Waals surface area contributed by atoms with Gasteiger partial charge in [-0.2, -0.15) is 0 Å². The fraction of sp³-hybridized carbons (Fsp3) is 0.538. The molecule has 2 atom stereocenters. The molecule has 0 radical (unpaired) electrons. The second-order valence-electron chi connectivity index (χ2n) is 4.30. The minimum atomic E-state index is 0.422. The van der Waals surface area contributed by atoms with Gasteiger partial charge in [-0.15, -0.1) is 0 Å². The molecule has 1 heterocycles. The van der Waals surface area contributed by atoms with Crippen LogP contribution in [-0.2, 0) is 4.74 Å². The van der Waals surface area contributed by atoms with Crippen molar-refractivity contribution in [3.8, 4) is 0 Å². The summed E-state index contributed by atoms with van der Waals surface area (Å²) in [4.78, 5) is 0. The third-order valence-corrected chi connectivity index (χ3v) is 3.78. The van der Waals surface area contributed by atoms with E-state index in [2.05, 4.69) is 47.1 Å². The summed E-state index contributed by atoms with van der Waals surface area (Å²) in [5.41, 5.74) is 2.78. The van der Waals surface area contributed by atoms with Gasteiger partial charge in [0, 0.05) is 11.2 Å². The molecule has 0 spiro atoms. The van der Waals surface area contributed by atoms with E-state index < -0.39 is 0 Å². The zero-order valence-electron chi connectivity index (χ0n) is 9.08. The van der Waals surface area contributed by atoms with Gasteiger partial charge in [-0.3, -0.25) is 0 Å². The number of alkyl halides is 1. The Bertz CT molecular complexity index is 316. The lowest BCUT2D eigenvalue weighted by Gasteiger charge is -2.28. The van der Waals surface area contributed by atoms with Crippen molar-refractivity contribution in [1.82, 2.24) is 0 Å². The smallest absolute Gasteiger partial charge is 0.0672 e. The standard InChI is InChI=1S/C13H17BrO/c1-10-3-2-4-11(7-10)12-5-6-13(8-14)15-9-12/h2-4,7,12-13H,5-6,8-9H2,1H3. The first-order chi connectivity index (χ1) is 7.29. The molecule has 0 N–H and O–H groups in total. The van der Waals surface area contributed by atoms with E-state index in [4.69, 9.17) is 4.74 Å². The van der Waals surface area contributed by atoms with Gasteiger partial charge >= 0.3 is 0 Å². The summed E-state index contributed by atoms with van der Waals surface area (Å²) in [7, 11) is 0. The zero-order chi connectivity index (χ0) is 10.7. The van der Waals surface area contributed by atoms with Gasteiger partial charge in [-0.05, 0) is 25.3 Å². The van der Waals surface area contributed by atoms with Gasteiger partial charge in [0.25, 0.3) is 0 Å². The van der Waals surface area contributed by atoms with Gasteiger partial charge in [0.1, 0.15) is 0 Å². The predicted octanol–water partition coefficient (Wildman–Crippen LogP) is 3.65. The largest absolute Gasteiger partial charge is 0.377 e. The molecule has 0 aromatic heterocycles. The topological polar surface area (TPSA) is 9.23 Å². The summed E-state index contributed by atoms with van der Waals surface area (Å²) >= 11 is 3.47. The maximum absolute atomic E-state index is 5.79. The number of benzene rings is 1. The SMILES string of the molecule is Cc1cccc(C2CCC(CBr)OC2)c1. The Morgan fingerprint density at radius 3 is 2.87 bits per heavy atom. The number of halogens is 1. The normalized spacial score (nSPS) is 26.5. The molecular formula is C13H17BrO. The molecule has 2 rings (SSSR count). The maximum Gasteiger partial charge on any atom is 0.0672 e. The van der Waals surface area contributed by atoms with Crippen molar-refractivity contribution in [3.05, 3.63) is 35.4 Å². The van der Waals surface area contributed by atoms with E-state index in [1.165, 1.54) is 24.0 Å². The molecule has 1 nitrogen and oxygen atoms in total. The van der Waals surface area contributed by atoms with Gasteiger partial charge in [0.15, 0.2) is 0 Å². The van der Waals surface area contributed by atoms with Crippen LogP contribution in [0.2, 0.25) is 0 Å². The summed E-state index contributed by atoms with van der Waals surface area (Å²) < 4.78 is 5.79. The lowest BCUT2D eigenvalue weighted by molar-refractivity contribution is 0.0191. The van der Waals surface area contributed by atoms with Crippen LogP contribution in [-0.4, -0.2) is 18.0 Å². The third-order valence-electron chi connectivity index (χ3n) is 3.06. The fourth-order valence-corrected chi connectivity index (χ4v) is 2.63. The molecule has 1 aliphatic heterocycles. The first kappa shape index (κ1) is 11.2. The van der Waals surface area contributed by atoms with E-state index in [9.17, 15) is 0 Å². The van der Waals surface area contributed by atoms with Crippen molar-refractivity contribution in [2.24, 2.45) is 0 Å². The quantitative estimate of drug-likeness (QED) is 0.744. The summed E-state index contributed by atoms with van der Waals surface area (Å²) in [6.45, 7) is 3.02. The molecule has 0 saturated carbocycles. The van der Waals surface area contributed by atoms with Crippen molar-refractivity contribution in [3.63, 3.8) is 0 Å². The van der Waals surface area contributed by atoms with Crippen molar-refractivity contribution >= 4 is 15.9 Å². The molecule has 1 fully saturated rings. The number of hydrogen-bond donors (Lipinski definition) is 0. The van der Waals surface area contributed by atoms with E-state index in [0.717, 1.165) is 11.9 Å². The number of rotatable bonds is 2. The van der Waals surface area contributed by atoms with Crippen molar-refractivity contribution in [1.29, 1.82) is 0 Å².